The van der Waals surface area contributed by atoms with E-state index in [2.05, 4.69) is 15.1 Å². The summed E-state index contributed by atoms with van der Waals surface area (Å²) in [6.07, 6.45) is 9.39. The maximum absolute atomic E-state index is 13.7. The standard InChI is InChI=1S/C25H25FN6O/c1-16-13-18(6-9-21(16)26)20-5-4-12-32-24(20)29-23(30-32)11-8-19-7-10-22(25(28-19)33-3)31-14-17(2)27-15-31/h6-11,13-15,20H,4-5,12H2,1-3H3. The van der Waals surface area contributed by atoms with Gasteiger partial charge in [-0.3, -0.25) is 0 Å². The van der Waals surface area contributed by atoms with E-state index < -0.39 is 0 Å². The number of pyridine rings is 1. The molecule has 0 saturated carbocycles. The summed E-state index contributed by atoms with van der Waals surface area (Å²) in [7, 11) is 1.60. The fourth-order valence-electron chi connectivity index (χ4n) is 4.24. The van der Waals surface area contributed by atoms with Crippen molar-refractivity contribution in [2.24, 2.45) is 0 Å². The number of fused-ring (bicyclic) bond motifs is 1. The van der Waals surface area contributed by atoms with Crippen molar-refractivity contribution in [3.05, 3.63) is 82.8 Å². The van der Waals surface area contributed by atoms with Crippen LogP contribution in [0.1, 0.15) is 52.9 Å². The summed E-state index contributed by atoms with van der Waals surface area (Å²) in [4.78, 5) is 13.6. The number of hydrogen-bond acceptors (Lipinski definition) is 5. The lowest BCUT2D eigenvalue weighted by atomic mass is 9.90. The van der Waals surface area contributed by atoms with E-state index in [0.29, 0.717) is 17.3 Å². The van der Waals surface area contributed by atoms with Gasteiger partial charge in [-0.25, -0.2) is 24.0 Å². The zero-order valence-corrected chi connectivity index (χ0v) is 18.9. The average Bonchev–Trinajstić information content (AvgIpc) is 3.45. The van der Waals surface area contributed by atoms with Crippen molar-refractivity contribution < 1.29 is 9.13 Å². The highest BCUT2D eigenvalue weighted by molar-refractivity contribution is 5.65. The first-order valence-corrected chi connectivity index (χ1v) is 11.0. The van der Waals surface area contributed by atoms with E-state index >= 15 is 0 Å². The van der Waals surface area contributed by atoms with Crippen molar-refractivity contribution in [2.75, 3.05) is 7.11 Å². The van der Waals surface area contributed by atoms with Crippen molar-refractivity contribution in [3.8, 4) is 11.6 Å². The van der Waals surface area contributed by atoms with Gasteiger partial charge in [0.2, 0.25) is 5.88 Å². The quantitative estimate of drug-likeness (QED) is 0.446. The van der Waals surface area contributed by atoms with Crippen LogP contribution in [0, 0.1) is 19.7 Å². The molecule has 5 rings (SSSR count). The minimum atomic E-state index is -0.184. The molecule has 0 aliphatic carbocycles. The largest absolute Gasteiger partial charge is 0.479 e. The first-order valence-electron chi connectivity index (χ1n) is 11.0. The van der Waals surface area contributed by atoms with Gasteiger partial charge in [0.05, 0.1) is 24.8 Å². The van der Waals surface area contributed by atoms with E-state index in [1.165, 1.54) is 6.07 Å². The Morgan fingerprint density at radius 3 is 2.76 bits per heavy atom. The molecule has 0 spiro atoms. The highest BCUT2D eigenvalue weighted by atomic mass is 19.1. The minimum Gasteiger partial charge on any atom is -0.479 e. The van der Waals surface area contributed by atoms with Gasteiger partial charge in [0.25, 0.3) is 0 Å². The maximum Gasteiger partial charge on any atom is 0.238 e. The SMILES string of the molecule is COc1nc(C=Cc2nc3n(n2)CCCC3c2ccc(F)c(C)c2)ccc1-n1cnc(C)c1. The number of benzene rings is 1. The Labute approximate surface area is 191 Å². The van der Waals surface area contributed by atoms with E-state index in [4.69, 9.17) is 9.72 Å². The van der Waals surface area contributed by atoms with E-state index in [1.807, 2.05) is 58.8 Å². The normalized spacial score (nSPS) is 15.7. The Morgan fingerprint density at radius 1 is 1.12 bits per heavy atom. The third-order valence-electron chi connectivity index (χ3n) is 5.92. The highest BCUT2D eigenvalue weighted by Gasteiger charge is 2.25. The van der Waals surface area contributed by atoms with Gasteiger partial charge < -0.3 is 9.30 Å². The van der Waals surface area contributed by atoms with E-state index in [0.717, 1.165) is 47.8 Å². The summed E-state index contributed by atoms with van der Waals surface area (Å²) in [6, 6.07) is 9.18. The molecule has 33 heavy (non-hydrogen) atoms. The molecule has 0 amide bonds. The first kappa shape index (κ1) is 21.1. The van der Waals surface area contributed by atoms with Gasteiger partial charge in [0.15, 0.2) is 5.82 Å². The number of ether oxygens (including phenoxy) is 1. The molecule has 7 nitrogen and oxygen atoms in total. The first-order chi connectivity index (χ1) is 16.0. The molecule has 1 atom stereocenters. The van der Waals surface area contributed by atoms with Gasteiger partial charge in [0.1, 0.15) is 17.3 Å². The smallest absolute Gasteiger partial charge is 0.238 e. The number of aromatic nitrogens is 6. The predicted octanol–water partition coefficient (Wildman–Crippen LogP) is 4.72. The molecule has 1 unspecified atom stereocenters. The molecule has 0 saturated heterocycles. The molecule has 1 aromatic carbocycles. The highest BCUT2D eigenvalue weighted by Crippen LogP contribution is 2.33. The fourth-order valence-corrected chi connectivity index (χ4v) is 4.24. The van der Waals surface area contributed by atoms with Crippen LogP contribution in [0.2, 0.25) is 0 Å². The van der Waals surface area contributed by atoms with Crippen LogP contribution in [-0.2, 0) is 6.54 Å². The van der Waals surface area contributed by atoms with Crippen LogP contribution >= 0.6 is 0 Å². The minimum absolute atomic E-state index is 0.115. The Balaban J connectivity index is 1.41. The number of aryl methyl sites for hydroxylation is 3. The van der Waals surface area contributed by atoms with Crippen LogP contribution in [0.4, 0.5) is 4.39 Å². The van der Waals surface area contributed by atoms with Gasteiger partial charge in [-0.2, -0.15) is 5.10 Å². The molecule has 0 fully saturated rings. The average molecular weight is 445 g/mol. The number of halogens is 1. The van der Waals surface area contributed by atoms with Crippen molar-refractivity contribution in [1.29, 1.82) is 0 Å². The summed E-state index contributed by atoms with van der Waals surface area (Å²) < 4.78 is 23.1. The van der Waals surface area contributed by atoms with Crippen LogP contribution in [-0.4, -0.2) is 36.4 Å². The molecule has 4 aromatic rings. The molecule has 0 radical (unpaired) electrons. The van der Waals surface area contributed by atoms with Crippen LogP contribution in [0.25, 0.3) is 17.8 Å². The van der Waals surface area contributed by atoms with Gasteiger partial charge in [0, 0.05) is 18.7 Å². The third kappa shape index (κ3) is 4.16. The van der Waals surface area contributed by atoms with Crippen molar-refractivity contribution in [1.82, 2.24) is 29.3 Å². The zero-order chi connectivity index (χ0) is 22.9. The number of nitrogens with zero attached hydrogens (tertiary/aromatic N) is 6. The Kier molecular flexibility index (Phi) is 5.50. The second-order valence-electron chi connectivity index (χ2n) is 8.27. The second-order valence-corrected chi connectivity index (χ2v) is 8.27. The van der Waals surface area contributed by atoms with E-state index in [1.54, 1.807) is 20.4 Å². The molecule has 168 valence electrons. The molecule has 0 bridgehead atoms. The lowest BCUT2D eigenvalue weighted by molar-refractivity contribution is 0.395. The number of hydrogen-bond donors (Lipinski definition) is 0. The monoisotopic (exact) mass is 444 g/mol. The van der Waals surface area contributed by atoms with Gasteiger partial charge in [-0.05, 0) is 68.2 Å². The summed E-state index contributed by atoms with van der Waals surface area (Å²) in [5.41, 5.74) is 4.22. The molecule has 0 N–H and O–H groups in total. The topological polar surface area (TPSA) is 70.7 Å². The summed E-state index contributed by atoms with van der Waals surface area (Å²) in [5, 5.41) is 4.67. The van der Waals surface area contributed by atoms with Crippen LogP contribution in [0.3, 0.4) is 0 Å². The molecule has 4 heterocycles. The lowest BCUT2D eigenvalue weighted by Gasteiger charge is -2.22. The number of imidazole rings is 1. The molecule has 3 aromatic heterocycles. The van der Waals surface area contributed by atoms with Crippen molar-refractivity contribution in [2.45, 2.75) is 39.2 Å². The van der Waals surface area contributed by atoms with Crippen LogP contribution in [0.5, 0.6) is 5.88 Å². The van der Waals surface area contributed by atoms with E-state index in [9.17, 15) is 4.39 Å². The van der Waals surface area contributed by atoms with Crippen molar-refractivity contribution in [3.63, 3.8) is 0 Å². The summed E-state index contributed by atoms with van der Waals surface area (Å²) >= 11 is 0. The number of methoxy groups -OCH3 is 1. The van der Waals surface area contributed by atoms with Crippen LogP contribution in [0.15, 0.2) is 42.9 Å². The van der Waals surface area contributed by atoms with E-state index in [-0.39, 0.29) is 11.7 Å². The van der Waals surface area contributed by atoms with Crippen molar-refractivity contribution >= 4 is 12.2 Å². The molecule has 1 aliphatic rings. The summed E-state index contributed by atoms with van der Waals surface area (Å²) in [5.74, 6) is 1.99. The van der Waals surface area contributed by atoms with Gasteiger partial charge in [-0.15, -0.1) is 0 Å². The number of rotatable bonds is 5. The van der Waals surface area contributed by atoms with Crippen LogP contribution < -0.4 is 4.74 Å². The second kappa shape index (κ2) is 8.61. The lowest BCUT2D eigenvalue weighted by Crippen LogP contribution is -2.18. The Bertz CT molecular complexity index is 1340. The predicted molar refractivity (Wildman–Crippen MR) is 124 cm³/mol. The third-order valence-corrected chi connectivity index (χ3v) is 5.92. The molecular weight excluding hydrogens is 419 g/mol. The fraction of sp³-hybridized carbons (Fsp3) is 0.280. The molecule has 1 aliphatic heterocycles. The molecule has 8 heteroatoms. The molecular formula is C25H25FN6O. The Morgan fingerprint density at radius 2 is 2.00 bits per heavy atom. The maximum atomic E-state index is 13.7. The zero-order valence-electron chi connectivity index (χ0n) is 18.9. The van der Waals surface area contributed by atoms with Gasteiger partial charge >= 0.3 is 0 Å². The Hall–Kier alpha value is -3.81. The summed E-state index contributed by atoms with van der Waals surface area (Å²) in [6.45, 7) is 4.56. The van der Waals surface area contributed by atoms with Gasteiger partial charge in [-0.1, -0.05) is 12.1 Å².